The number of aromatic hydroxyl groups is 2. The fraction of sp³-hybridized carbons (Fsp3) is 0.600. The molecule has 108 valence electrons. The SMILES string of the molecule is CC(NCCCN(C)C(C)C)c1cc(O)cc(O)c1. The van der Waals surface area contributed by atoms with Crippen molar-refractivity contribution >= 4 is 0 Å². The third-order valence-corrected chi connectivity index (χ3v) is 3.44. The Bertz CT molecular complexity index is 373. The van der Waals surface area contributed by atoms with E-state index in [9.17, 15) is 10.2 Å². The average molecular weight is 266 g/mol. The fourth-order valence-corrected chi connectivity index (χ4v) is 1.89. The monoisotopic (exact) mass is 266 g/mol. The highest BCUT2D eigenvalue weighted by Crippen LogP contribution is 2.24. The third kappa shape index (κ3) is 5.49. The van der Waals surface area contributed by atoms with Gasteiger partial charge in [-0.2, -0.15) is 0 Å². The molecule has 0 saturated carbocycles. The topological polar surface area (TPSA) is 55.7 Å². The van der Waals surface area contributed by atoms with Gasteiger partial charge in [0.25, 0.3) is 0 Å². The van der Waals surface area contributed by atoms with Gasteiger partial charge in [0, 0.05) is 18.2 Å². The Morgan fingerprint density at radius 3 is 2.21 bits per heavy atom. The predicted octanol–water partition coefficient (Wildman–Crippen LogP) is 2.48. The molecule has 0 amide bonds. The van der Waals surface area contributed by atoms with Gasteiger partial charge in [-0.25, -0.2) is 0 Å². The zero-order valence-electron chi connectivity index (χ0n) is 12.3. The lowest BCUT2D eigenvalue weighted by atomic mass is 10.1. The van der Waals surface area contributed by atoms with Crippen LogP contribution in [-0.2, 0) is 0 Å². The highest BCUT2D eigenvalue weighted by molar-refractivity contribution is 5.37. The molecule has 0 bridgehead atoms. The summed E-state index contributed by atoms with van der Waals surface area (Å²) in [5, 5.41) is 22.3. The molecule has 0 aliphatic rings. The van der Waals surface area contributed by atoms with Gasteiger partial charge in [-0.3, -0.25) is 0 Å². The van der Waals surface area contributed by atoms with Gasteiger partial charge in [-0.1, -0.05) is 0 Å². The number of hydrogen-bond donors (Lipinski definition) is 3. The Morgan fingerprint density at radius 1 is 1.11 bits per heavy atom. The highest BCUT2D eigenvalue weighted by Gasteiger charge is 2.08. The zero-order valence-corrected chi connectivity index (χ0v) is 12.3. The van der Waals surface area contributed by atoms with E-state index in [0.717, 1.165) is 25.1 Å². The number of phenols is 2. The van der Waals surface area contributed by atoms with Crippen molar-refractivity contribution in [3.05, 3.63) is 23.8 Å². The van der Waals surface area contributed by atoms with E-state index in [1.165, 1.54) is 6.07 Å². The minimum absolute atomic E-state index is 0.100. The molecule has 4 heteroatoms. The van der Waals surface area contributed by atoms with Gasteiger partial charge < -0.3 is 20.4 Å². The van der Waals surface area contributed by atoms with Gasteiger partial charge in [-0.15, -0.1) is 0 Å². The number of nitrogens with one attached hydrogen (secondary N) is 1. The molecule has 1 rings (SSSR count). The molecular weight excluding hydrogens is 240 g/mol. The van der Waals surface area contributed by atoms with Crippen LogP contribution in [0.3, 0.4) is 0 Å². The molecule has 19 heavy (non-hydrogen) atoms. The summed E-state index contributed by atoms with van der Waals surface area (Å²) in [6.45, 7) is 8.37. The first-order valence-electron chi connectivity index (χ1n) is 6.86. The van der Waals surface area contributed by atoms with Gasteiger partial charge in [0.2, 0.25) is 0 Å². The lowest BCUT2D eigenvalue weighted by molar-refractivity contribution is 0.268. The molecule has 1 aromatic carbocycles. The van der Waals surface area contributed by atoms with E-state index in [4.69, 9.17) is 0 Å². The second kappa shape index (κ2) is 7.36. The standard InChI is InChI=1S/C15H26N2O2/c1-11(2)17(4)7-5-6-16-12(3)13-8-14(18)10-15(19)9-13/h8-12,16,18-19H,5-7H2,1-4H3. The summed E-state index contributed by atoms with van der Waals surface area (Å²) in [6.07, 6.45) is 1.07. The maximum atomic E-state index is 9.45. The van der Waals surface area contributed by atoms with Crippen molar-refractivity contribution in [3.63, 3.8) is 0 Å². The van der Waals surface area contributed by atoms with Crippen LogP contribution in [0.5, 0.6) is 11.5 Å². The molecule has 3 N–H and O–H groups in total. The highest BCUT2D eigenvalue weighted by atomic mass is 16.3. The van der Waals surface area contributed by atoms with Crippen LogP contribution in [0.15, 0.2) is 18.2 Å². The molecule has 0 aliphatic carbocycles. The average Bonchev–Trinajstić information content (AvgIpc) is 2.32. The van der Waals surface area contributed by atoms with Crippen molar-refractivity contribution in [3.8, 4) is 11.5 Å². The van der Waals surface area contributed by atoms with E-state index in [1.54, 1.807) is 12.1 Å². The lowest BCUT2D eigenvalue weighted by Gasteiger charge is -2.21. The number of rotatable bonds is 7. The molecule has 0 aliphatic heterocycles. The molecule has 0 aromatic heterocycles. The van der Waals surface area contributed by atoms with Crippen molar-refractivity contribution in [1.29, 1.82) is 0 Å². The first kappa shape index (κ1) is 15.8. The van der Waals surface area contributed by atoms with Crippen LogP contribution < -0.4 is 5.32 Å². The summed E-state index contributed by atoms with van der Waals surface area (Å²) in [6, 6.07) is 5.38. The zero-order chi connectivity index (χ0) is 14.4. The first-order valence-corrected chi connectivity index (χ1v) is 6.86. The third-order valence-electron chi connectivity index (χ3n) is 3.44. The normalized spacial score (nSPS) is 13.2. The second-order valence-electron chi connectivity index (χ2n) is 5.39. The molecule has 0 fully saturated rings. The van der Waals surface area contributed by atoms with Crippen molar-refractivity contribution in [2.24, 2.45) is 0 Å². The van der Waals surface area contributed by atoms with Crippen molar-refractivity contribution < 1.29 is 10.2 Å². The van der Waals surface area contributed by atoms with Crippen molar-refractivity contribution in [1.82, 2.24) is 10.2 Å². The summed E-state index contributed by atoms with van der Waals surface area (Å²) in [4.78, 5) is 2.31. The van der Waals surface area contributed by atoms with Crippen LogP contribution in [0.4, 0.5) is 0 Å². The van der Waals surface area contributed by atoms with Gasteiger partial charge in [0.05, 0.1) is 0 Å². The van der Waals surface area contributed by atoms with E-state index in [-0.39, 0.29) is 17.5 Å². The molecular formula is C15H26N2O2. The molecule has 0 spiro atoms. The number of hydrogen-bond acceptors (Lipinski definition) is 4. The van der Waals surface area contributed by atoms with Crippen LogP contribution in [-0.4, -0.2) is 41.3 Å². The Labute approximate surface area is 116 Å². The van der Waals surface area contributed by atoms with Gasteiger partial charge in [0.1, 0.15) is 11.5 Å². The van der Waals surface area contributed by atoms with E-state index >= 15 is 0 Å². The van der Waals surface area contributed by atoms with Gasteiger partial charge >= 0.3 is 0 Å². The van der Waals surface area contributed by atoms with E-state index in [2.05, 4.69) is 31.1 Å². The van der Waals surface area contributed by atoms with Crippen LogP contribution in [0, 0.1) is 0 Å². The molecule has 4 nitrogen and oxygen atoms in total. The van der Waals surface area contributed by atoms with E-state index in [1.807, 2.05) is 6.92 Å². The van der Waals surface area contributed by atoms with E-state index < -0.39 is 0 Å². The smallest absolute Gasteiger partial charge is 0.119 e. The molecule has 0 saturated heterocycles. The van der Waals surface area contributed by atoms with Crippen LogP contribution in [0.2, 0.25) is 0 Å². The lowest BCUT2D eigenvalue weighted by Crippen LogP contribution is -2.30. The van der Waals surface area contributed by atoms with E-state index in [0.29, 0.717) is 6.04 Å². The first-order chi connectivity index (χ1) is 8.90. The van der Waals surface area contributed by atoms with Gasteiger partial charge in [-0.05, 0) is 65.0 Å². The fourth-order valence-electron chi connectivity index (χ4n) is 1.89. The molecule has 0 heterocycles. The maximum absolute atomic E-state index is 9.45. The maximum Gasteiger partial charge on any atom is 0.119 e. The Morgan fingerprint density at radius 2 is 1.68 bits per heavy atom. The summed E-state index contributed by atoms with van der Waals surface area (Å²) >= 11 is 0. The minimum atomic E-state index is 0.100. The summed E-state index contributed by atoms with van der Waals surface area (Å²) in [5.41, 5.74) is 0.898. The Hall–Kier alpha value is -1.26. The number of benzene rings is 1. The summed E-state index contributed by atoms with van der Waals surface area (Å²) in [7, 11) is 2.13. The molecule has 1 unspecified atom stereocenters. The molecule has 1 atom stereocenters. The Balaban J connectivity index is 2.37. The second-order valence-corrected chi connectivity index (χ2v) is 5.39. The predicted molar refractivity (Wildman–Crippen MR) is 78.6 cm³/mol. The summed E-state index contributed by atoms with van der Waals surface area (Å²) in [5.74, 6) is 0.200. The minimum Gasteiger partial charge on any atom is -0.508 e. The molecule has 0 radical (unpaired) electrons. The van der Waals surface area contributed by atoms with Crippen LogP contribution in [0.1, 0.15) is 38.8 Å². The Kier molecular flexibility index (Phi) is 6.12. The quantitative estimate of drug-likeness (QED) is 0.664. The van der Waals surface area contributed by atoms with Crippen LogP contribution in [0.25, 0.3) is 0 Å². The van der Waals surface area contributed by atoms with Crippen LogP contribution >= 0.6 is 0 Å². The largest absolute Gasteiger partial charge is 0.508 e. The number of nitrogens with zero attached hydrogens (tertiary/aromatic N) is 1. The van der Waals surface area contributed by atoms with Gasteiger partial charge in [0.15, 0.2) is 0 Å². The molecule has 1 aromatic rings. The number of phenolic OH excluding ortho intramolecular Hbond substituents is 2. The van der Waals surface area contributed by atoms with Crippen molar-refractivity contribution in [2.45, 2.75) is 39.3 Å². The summed E-state index contributed by atoms with van der Waals surface area (Å²) < 4.78 is 0. The van der Waals surface area contributed by atoms with Crippen molar-refractivity contribution in [2.75, 3.05) is 20.1 Å².